The van der Waals surface area contributed by atoms with Gasteiger partial charge in [0.25, 0.3) is 0 Å². The number of unbranched alkanes of at least 4 members (excludes halogenated alkanes) is 6. The summed E-state index contributed by atoms with van der Waals surface area (Å²) in [5.41, 5.74) is 0. The van der Waals surface area contributed by atoms with E-state index in [4.69, 9.17) is 9.47 Å². The molecule has 0 spiro atoms. The highest BCUT2D eigenvalue weighted by Crippen LogP contribution is 2.08. The number of esters is 2. The van der Waals surface area contributed by atoms with Crippen LogP contribution < -0.4 is 0 Å². The second-order valence-corrected chi connectivity index (χ2v) is 6.02. The molecule has 23 heavy (non-hydrogen) atoms. The summed E-state index contributed by atoms with van der Waals surface area (Å²) in [6, 6.07) is 0. The molecule has 4 nitrogen and oxygen atoms in total. The molecule has 0 amide bonds. The van der Waals surface area contributed by atoms with Crippen molar-refractivity contribution in [3.8, 4) is 0 Å². The maximum absolute atomic E-state index is 11.5. The maximum atomic E-state index is 11.5. The first-order valence-electron chi connectivity index (χ1n) is 9.06. The van der Waals surface area contributed by atoms with Gasteiger partial charge in [-0.3, -0.25) is 9.59 Å². The summed E-state index contributed by atoms with van der Waals surface area (Å²) in [6.45, 7) is 8.17. The van der Waals surface area contributed by atoms with Gasteiger partial charge in [0.15, 0.2) is 0 Å². The molecule has 0 aromatic carbocycles. The molecule has 0 saturated carbocycles. The van der Waals surface area contributed by atoms with E-state index < -0.39 is 0 Å². The number of ether oxygens (including phenoxy) is 2. The normalized spacial score (nSPS) is 11.7. The Balaban J connectivity index is 3.42. The second kappa shape index (κ2) is 15.6. The SMILES string of the molecule is C=CCC(C)OC(=O)CCCCC(=O)OCCCCCCCC. The predicted molar refractivity (Wildman–Crippen MR) is 93.2 cm³/mol. The molecule has 1 atom stereocenters. The van der Waals surface area contributed by atoms with Crippen LogP contribution in [0.15, 0.2) is 12.7 Å². The zero-order valence-corrected chi connectivity index (χ0v) is 15.0. The van der Waals surface area contributed by atoms with Crippen LogP contribution in [0.5, 0.6) is 0 Å². The average Bonchev–Trinajstić information content (AvgIpc) is 2.51. The molecule has 0 aliphatic rings. The van der Waals surface area contributed by atoms with Crippen molar-refractivity contribution in [1.82, 2.24) is 0 Å². The van der Waals surface area contributed by atoms with E-state index in [2.05, 4.69) is 13.5 Å². The monoisotopic (exact) mass is 326 g/mol. The second-order valence-electron chi connectivity index (χ2n) is 6.02. The van der Waals surface area contributed by atoms with E-state index in [1.54, 1.807) is 6.08 Å². The third-order valence-electron chi connectivity index (χ3n) is 3.60. The Morgan fingerprint density at radius 1 is 0.957 bits per heavy atom. The molecular weight excluding hydrogens is 292 g/mol. The van der Waals surface area contributed by atoms with Gasteiger partial charge in [-0.15, -0.1) is 6.58 Å². The van der Waals surface area contributed by atoms with E-state index in [-0.39, 0.29) is 18.0 Å². The third-order valence-corrected chi connectivity index (χ3v) is 3.60. The topological polar surface area (TPSA) is 52.6 Å². The zero-order valence-electron chi connectivity index (χ0n) is 15.0. The number of hydrogen-bond acceptors (Lipinski definition) is 4. The van der Waals surface area contributed by atoms with Crippen LogP contribution in [0.4, 0.5) is 0 Å². The van der Waals surface area contributed by atoms with Gasteiger partial charge >= 0.3 is 11.9 Å². The van der Waals surface area contributed by atoms with Crippen molar-refractivity contribution < 1.29 is 19.1 Å². The molecule has 0 heterocycles. The van der Waals surface area contributed by atoms with Gasteiger partial charge in [0.2, 0.25) is 0 Å². The molecule has 0 aliphatic carbocycles. The first kappa shape index (κ1) is 21.7. The predicted octanol–water partition coefficient (Wildman–Crippen LogP) is 4.96. The minimum Gasteiger partial charge on any atom is -0.466 e. The minimum absolute atomic E-state index is 0.123. The van der Waals surface area contributed by atoms with Crippen LogP contribution in [-0.4, -0.2) is 24.6 Å². The molecule has 0 aromatic heterocycles. The number of rotatable bonds is 15. The first-order chi connectivity index (χ1) is 11.1. The molecule has 0 aliphatic heterocycles. The fraction of sp³-hybridized carbons (Fsp3) is 0.789. The Bertz CT molecular complexity index is 325. The minimum atomic E-state index is -0.209. The van der Waals surface area contributed by atoms with Crippen LogP contribution in [-0.2, 0) is 19.1 Å². The van der Waals surface area contributed by atoms with Gasteiger partial charge < -0.3 is 9.47 Å². The number of carbonyl (C=O) groups excluding carboxylic acids is 2. The van der Waals surface area contributed by atoms with Crippen LogP contribution in [0.2, 0.25) is 0 Å². The molecule has 1 unspecified atom stereocenters. The summed E-state index contributed by atoms with van der Waals surface area (Å²) >= 11 is 0. The standard InChI is InChI=1S/C19H34O4/c1-4-6-7-8-9-12-16-22-18(20)14-10-11-15-19(21)23-17(3)13-5-2/h5,17H,2,4,6-16H2,1,3H3. The van der Waals surface area contributed by atoms with E-state index >= 15 is 0 Å². The lowest BCUT2D eigenvalue weighted by atomic mass is 10.1. The lowest BCUT2D eigenvalue weighted by molar-refractivity contribution is -0.149. The molecule has 4 heteroatoms. The quantitative estimate of drug-likeness (QED) is 0.242. The summed E-state index contributed by atoms with van der Waals surface area (Å²) in [5.74, 6) is -0.369. The van der Waals surface area contributed by atoms with Crippen LogP contribution in [0.3, 0.4) is 0 Å². The van der Waals surface area contributed by atoms with Crippen molar-refractivity contribution in [2.75, 3.05) is 6.61 Å². The highest BCUT2D eigenvalue weighted by atomic mass is 16.5. The van der Waals surface area contributed by atoms with E-state index in [1.807, 2.05) is 6.92 Å². The maximum Gasteiger partial charge on any atom is 0.306 e. The summed E-state index contributed by atoms with van der Waals surface area (Å²) in [5, 5.41) is 0. The molecular formula is C19H34O4. The van der Waals surface area contributed by atoms with E-state index in [9.17, 15) is 9.59 Å². The van der Waals surface area contributed by atoms with Crippen molar-refractivity contribution in [2.45, 2.75) is 90.6 Å². The largest absolute Gasteiger partial charge is 0.466 e. The summed E-state index contributed by atoms with van der Waals surface area (Å²) in [4.78, 5) is 23.1. The van der Waals surface area contributed by atoms with Gasteiger partial charge in [0.1, 0.15) is 6.10 Å². The zero-order chi connectivity index (χ0) is 17.3. The molecule has 0 aromatic rings. The van der Waals surface area contributed by atoms with Crippen molar-refractivity contribution >= 4 is 11.9 Å². The smallest absolute Gasteiger partial charge is 0.306 e. The summed E-state index contributed by atoms with van der Waals surface area (Å²) in [7, 11) is 0. The Kier molecular flexibility index (Phi) is 14.7. The molecule has 0 N–H and O–H groups in total. The fourth-order valence-corrected chi connectivity index (χ4v) is 2.25. The Hall–Kier alpha value is -1.32. The van der Waals surface area contributed by atoms with Crippen LogP contribution in [0.1, 0.15) is 84.5 Å². The Morgan fingerprint density at radius 2 is 1.57 bits per heavy atom. The van der Waals surface area contributed by atoms with Crippen LogP contribution >= 0.6 is 0 Å². The third kappa shape index (κ3) is 15.4. The van der Waals surface area contributed by atoms with Gasteiger partial charge in [0.05, 0.1) is 6.61 Å². The summed E-state index contributed by atoms with van der Waals surface area (Å²) < 4.78 is 10.4. The number of hydrogen-bond donors (Lipinski definition) is 0. The van der Waals surface area contributed by atoms with Crippen LogP contribution in [0.25, 0.3) is 0 Å². The van der Waals surface area contributed by atoms with Gasteiger partial charge in [0, 0.05) is 19.3 Å². The number of carbonyl (C=O) groups is 2. The van der Waals surface area contributed by atoms with E-state index in [0.717, 1.165) is 12.8 Å². The van der Waals surface area contributed by atoms with E-state index in [0.29, 0.717) is 38.7 Å². The Morgan fingerprint density at radius 3 is 2.22 bits per heavy atom. The molecule has 134 valence electrons. The first-order valence-corrected chi connectivity index (χ1v) is 9.06. The molecule has 0 fully saturated rings. The van der Waals surface area contributed by atoms with Gasteiger partial charge in [-0.25, -0.2) is 0 Å². The molecule has 0 bridgehead atoms. The van der Waals surface area contributed by atoms with Crippen molar-refractivity contribution in [3.63, 3.8) is 0 Å². The molecule has 0 radical (unpaired) electrons. The average molecular weight is 326 g/mol. The van der Waals surface area contributed by atoms with Crippen molar-refractivity contribution in [1.29, 1.82) is 0 Å². The fourth-order valence-electron chi connectivity index (χ4n) is 2.25. The van der Waals surface area contributed by atoms with Gasteiger partial charge in [-0.05, 0) is 26.2 Å². The van der Waals surface area contributed by atoms with Gasteiger partial charge in [-0.1, -0.05) is 45.1 Å². The van der Waals surface area contributed by atoms with Crippen molar-refractivity contribution in [2.24, 2.45) is 0 Å². The van der Waals surface area contributed by atoms with Crippen molar-refractivity contribution in [3.05, 3.63) is 12.7 Å². The van der Waals surface area contributed by atoms with E-state index in [1.165, 1.54) is 25.7 Å². The van der Waals surface area contributed by atoms with Crippen LogP contribution in [0, 0.1) is 0 Å². The molecule has 0 saturated heterocycles. The summed E-state index contributed by atoms with van der Waals surface area (Å²) in [6.07, 6.45) is 11.4. The highest BCUT2D eigenvalue weighted by molar-refractivity contribution is 5.70. The lowest BCUT2D eigenvalue weighted by Gasteiger charge is -2.10. The van der Waals surface area contributed by atoms with Gasteiger partial charge in [-0.2, -0.15) is 0 Å². The highest BCUT2D eigenvalue weighted by Gasteiger charge is 2.09. The molecule has 0 rings (SSSR count). The Labute approximate surface area is 141 Å². The lowest BCUT2D eigenvalue weighted by Crippen LogP contribution is -2.14.